The van der Waals surface area contributed by atoms with Gasteiger partial charge in [-0.3, -0.25) is 9.69 Å². The fourth-order valence-corrected chi connectivity index (χ4v) is 2.99. The van der Waals surface area contributed by atoms with E-state index < -0.39 is 0 Å². The van der Waals surface area contributed by atoms with Gasteiger partial charge in [0.2, 0.25) is 0 Å². The minimum absolute atomic E-state index is 0.0536. The van der Waals surface area contributed by atoms with Crippen LogP contribution < -0.4 is 10.9 Å². The smallest absolute Gasteiger partial charge is 0.277 e. The zero-order valence-corrected chi connectivity index (χ0v) is 13.7. The normalized spacial score (nSPS) is 19.2. The molecule has 1 fully saturated rings. The average Bonchev–Trinajstić information content (AvgIpc) is 3.04. The van der Waals surface area contributed by atoms with Crippen LogP contribution >= 0.6 is 0 Å². The standard InChI is InChI=1S/C15H22N6O2/c1-4-9-10(5-2)18-19-14(22)12(9)15-17-13(20-23-15)11-8-16-6-7-21(11)3/h11,16H,4-8H2,1-3H3,(H,19,22). The lowest BCUT2D eigenvalue weighted by atomic mass is 10.0. The highest BCUT2D eigenvalue weighted by atomic mass is 16.5. The van der Waals surface area contributed by atoms with Gasteiger partial charge >= 0.3 is 0 Å². The number of aryl methyl sites for hydroxylation is 1. The molecule has 2 N–H and O–H groups in total. The Morgan fingerprint density at radius 3 is 2.87 bits per heavy atom. The second-order valence-electron chi connectivity index (χ2n) is 5.72. The van der Waals surface area contributed by atoms with Gasteiger partial charge in [0, 0.05) is 19.6 Å². The third-order valence-corrected chi connectivity index (χ3v) is 4.32. The fraction of sp³-hybridized carbons (Fsp3) is 0.600. The second kappa shape index (κ2) is 6.59. The van der Waals surface area contributed by atoms with E-state index in [1.54, 1.807) is 0 Å². The lowest BCUT2D eigenvalue weighted by Gasteiger charge is -2.30. The molecule has 1 aliphatic rings. The molecule has 0 bridgehead atoms. The van der Waals surface area contributed by atoms with Crippen LogP contribution in [0.3, 0.4) is 0 Å². The van der Waals surface area contributed by atoms with E-state index in [9.17, 15) is 4.79 Å². The molecule has 0 saturated carbocycles. The van der Waals surface area contributed by atoms with E-state index >= 15 is 0 Å². The molecule has 0 amide bonds. The van der Waals surface area contributed by atoms with Gasteiger partial charge in [-0.1, -0.05) is 19.0 Å². The Hall–Kier alpha value is -2.06. The summed E-state index contributed by atoms with van der Waals surface area (Å²) in [5.74, 6) is 0.875. The molecule has 2 aromatic rings. The van der Waals surface area contributed by atoms with Crippen molar-refractivity contribution in [1.82, 2.24) is 30.6 Å². The topological polar surface area (TPSA) is 99.9 Å². The van der Waals surface area contributed by atoms with Crippen molar-refractivity contribution in [2.45, 2.75) is 32.7 Å². The lowest BCUT2D eigenvalue weighted by Crippen LogP contribution is -2.44. The van der Waals surface area contributed by atoms with E-state index in [2.05, 4.69) is 30.6 Å². The minimum Gasteiger partial charge on any atom is -0.334 e. The van der Waals surface area contributed by atoms with Gasteiger partial charge in [0.25, 0.3) is 11.4 Å². The summed E-state index contributed by atoms with van der Waals surface area (Å²) in [5.41, 5.74) is 1.90. The first-order chi connectivity index (χ1) is 11.2. The van der Waals surface area contributed by atoms with Crippen molar-refractivity contribution < 1.29 is 4.52 Å². The predicted octanol–water partition coefficient (Wildman–Crippen LogP) is 0.521. The number of nitrogens with one attached hydrogen (secondary N) is 2. The number of hydrogen-bond donors (Lipinski definition) is 2. The van der Waals surface area contributed by atoms with Crippen molar-refractivity contribution in [2.75, 3.05) is 26.7 Å². The first kappa shape index (κ1) is 15.8. The molecule has 8 heteroatoms. The molecule has 1 aliphatic heterocycles. The Balaban J connectivity index is 2.02. The van der Waals surface area contributed by atoms with Crippen molar-refractivity contribution in [3.8, 4) is 11.5 Å². The van der Waals surface area contributed by atoms with Crippen molar-refractivity contribution in [3.05, 3.63) is 27.4 Å². The number of piperazine rings is 1. The minimum atomic E-state index is -0.288. The SMILES string of the molecule is CCc1n[nH]c(=O)c(-c2nc(C3CNCCN3C)no2)c1CC. The van der Waals surface area contributed by atoms with Crippen LogP contribution in [-0.4, -0.2) is 51.9 Å². The number of nitrogens with zero attached hydrogens (tertiary/aromatic N) is 4. The van der Waals surface area contributed by atoms with Gasteiger partial charge in [-0.2, -0.15) is 10.1 Å². The maximum Gasteiger partial charge on any atom is 0.277 e. The van der Waals surface area contributed by atoms with Crippen LogP contribution in [0.1, 0.15) is 37.0 Å². The van der Waals surface area contributed by atoms with Crippen LogP contribution in [0, 0.1) is 0 Å². The fourth-order valence-electron chi connectivity index (χ4n) is 2.99. The molecule has 1 atom stereocenters. The molecule has 0 aromatic carbocycles. The van der Waals surface area contributed by atoms with Crippen LogP contribution in [0.25, 0.3) is 11.5 Å². The summed E-state index contributed by atoms with van der Waals surface area (Å²) in [6, 6.07) is 0.0536. The van der Waals surface area contributed by atoms with Gasteiger partial charge in [0.15, 0.2) is 5.82 Å². The average molecular weight is 318 g/mol. The molecule has 8 nitrogen and oxygen atoms in total. The lowest BCUT2D eigenvalue weighted by molar-refractivity contribution is 0.190. The Morgan fingerprint density at radius 2 is 2.17 bits per heavy atom. The molecule has 1 saturated heterocycles. The maximum atomic E-state index is 12.2. The number of H-pyrrole nitrogens is 1. The summed E-state index contributed by atoms with van der Waals surface area (Å²) in [6.07, 6.45) is 1.43. The third-order valence-electron chi connectivity index (χ3n) is 4.32. The summed E-state index contributed by atoms with van der Waals surface area (Å²) in [6.45, 7) is 6.63. The van der Waals surface area contributed by atoms with Gasteiger partial charge in [0.05, 0.1) is 11.7 Å². The Kier molecular flexibility index (Phi) is 4.53. The monoisotopic (exact) mass is 318 g/mol. The largest absolute Gasteiger partial charge is 0.334 e. The van der Waals surface area contributed by atoms with Crippen LogP contribution in [0.15, 0.2) is 9.32 Å². The molecule has 3 heterocycles. The van der Waals surface area contributed by atoms with E-state index in [0.29, 0.717) is 17.8 Å². The van der Waals surface area contributed by atoms with Crippen molar-refractivity contribution in [1.29, 1.82) is 0 Å². The number of likely N-dealkylation sites (N-methyl/N-ethyl adjacent to an activating group) is 1. The Labute approximate surface area is 134 Å². The summed E-state index contributed by atoms with van der Waals surface area (Å²) in [4.78, 5) is 18.9. The van der Waals surface area contributed by atoms with E-state index in [1.165, 1.54) is 0 Å². The van der Waals surface area contributed by atoms with Crippen molar-refractivity contribution in [2.24, 2.45) is 0 Å². The summed E-state index contributed by atoms with van der Waals surface area (Å²) in [7, 11) is 2.04. The zero-order chi connectivity index (χ0) is 16.4. The predicted molar refractivity (Wildman–Crippen MR) is 85.1 cm³/mol. The number of aromatic amines is 1. The molecule has 0 spiro atoms. The van der Waals surface area contributed by atoms with Crippen LogP contribution in [0.5, 0.6) is 0 Å². The molecular weight excluding hydrogens is 296 g/mol. The number of rotatable bonds is 4. The third kappa shape index (κ3) is 2.91. The maximum absolute atomic E-state index is 12.2. The van der Waals surface area contributed by atoms with E-state index in [-0.39, 0.29) is 17.5 Å². The molecule has 23 heavy (non-hydrogen) atoms. The molecule has 3 rings (SSSR count). The van der Waals surface area contributed by atoms with Gasteiger partial charge in [-0.15, -0.1) is 0 Å². The zero-order valence-electron chi connectivity index (χ0n) is 13.7. The molecular formula is C15H22N6O2. The van der Waals surface area contributed by atoms with E-state index in [1.807, 2.05) is 20.9 Å². The summed E-state index contributed by atoms with van der Waals surface area (Å²) in [5, 5.41) is 14.1. The number of hydrogen-bond acceptors (Lipinski definition) is 7. The number of aromatic nitrogens is 4. The molecule has 2 aromatic heterocycles. The second-order valence-corrected chi connectivity index (χ2v) is 5.72. The van der Waals surface area contributed by atoms with Crippen LogP contribution in [-0.2, 0) is 12.8 Å². The van der Waals surface area contributed by atoms with Crippen LogP contribution in [0.2, 0.25) is 0 Å². The van der Waals surface area contributed by atoms with E-state index in [0.717, 1.165) is 37.3 Å². The Morgan fingerprint density at radius 1 is 1.35 bits per heavy atom. The highest BCUT2D eigenvalue weighted by Gasteiger charge is 2.27. The van der Waals surface area contributed by atoms with Gasteiger partial charge in [0.1, 0.15) is 5.56 Å². The molecule has 0 aliphatic carbocycles. The molecule has 0 radical (unpaired) electrons. The summed E-state index contributed by atoms with van der Waals surface area (Å²) >= 11 is 0. The molecule has 124 valence electrons. The Bertz CT molecular complexity index is 738. The van der Waals surface area contributed by atoms with Crippen LogP contribution in [0.4, 0.5) is 0 Å². The molecule has 1 unspecified atom stereocenters. The van der Waals surface area contributed by atoms with E-state index in [4.69, 9.17) is 4.52 Å². The van der Waals surface area contributed by atoms with Crippen molar-refractivity contribution >= 4 is 0 Å². The quantitative estimate of drug-likeness (QED) is 0.847. The van der Waals surface area contributed by atoms with Gasteiger partial charge < -0.3 is 9.84 Å². The van der Waals surface area contributed by atoms with Crippen molar-refractivity contribution in [3.63, 3.8) is 0 Å². The first-order valence-electron chi connectivity index (χ1n) is 8.01. The van der Waals surface area contributed by atoms with Gasteiger partial charge in [-0.05, 0) is 25.5 Å². The summed E-state index contributed by atoms with van der Waals surface area (Å²) < 4.78 is 5.41. The highest BCUT2D eigenvalue weighted by Crippen LogP contribution is 2.24. The van der Waals surface area contributed by atoms with Gasteiger partial charge in [-0.25, -0.2) is 5.10 Å². The highest BCUT2D eigenvalue weighted by molar-refractivity contribution is 5.58. The first-order valence-corrected chi connectivity index (χ1v) is 8.01.